The highest BCUT2D eigenvalue weighted by Gasteiger charge is 2.24. The van der Waals surface area contributed by atoms with Gasteiger partial charge in [0, 0.05) is 23.8 Å². The lowest BCUT2D eigenvalue weighted by atomic mass is 10.2. The van der Waals surface area contributed by atoms with Crippen molar-refractivity contribution in [3.63, 3.8) is 0 Å². The van der Waals surface area contributed by atoms with Crippen LogP contribution in [0.1, 0.15) is 16.9 Å². The molecule has 1 saturated heterocycles. The number of hydrogen-bond acceptors (Lipinski definition) is 2. The summed E-state index contributed by atoms with van der Waals surface area (Å²) in [6, 6.07) is 1.68. The maximum atomic E-state index is 11.7. The van der Waals surface area contributed by atoms with E-state index < -0.39 is 0 Å². The minimum absolute atomic E-state index is 0.0752. The van der Waals surface area contributed by atoms with Crippen LogP contribution in [0, 0.1) is 0 Å². The molecule has 0 radical (unpaired) electrons. The van der Waals surface area contributed by atoms with Crippen LogP contribution in [-0.4, -0.2) is 28.9 Å². The minimum atomic E-state index is -0.0752. The minimum Gasteiger partial charge on any atom is -0.337 e. The first-order valence-electron chi connectivity index (χ1n) is 4.29. The maximum Gasteiger partial charge on any atom is 0.274 e. The number of carbonyl (C=O) groups is 1. The lowest BCUT2D eigenvalue weighted by Crippen LogP contribution is -2.42. The van der Waals surface area contributed by atoms with Gasteiger partial charge in [-0.25, -0.2) is 4.98 Å². The molecule has 0 aromatic carbocycles. The SMILES string of the molecule is O=C(c1ncc(Br)cc1Cl)N1CCC1. The lowest BCUT2D eigenvalue weighted by Gasteiger charge is -2.30. The van der Waals surface area contributed by atoms with E-state index in [2.05, 4.69) is 20.9 Å². The summed E-state index contributed by atoms with van der Waals surface area (Å²) in [6.45, 7) is 1.62. The van der Waals surface area contributed by atoms with Crippen LogP contribution in [0.15, 0.2) is 16.7 Å². The third kappa shape index (κ3) is 1.77. The van der Waals surface area contributed by atoms with E-state index in [0.29, 0.717) is 10.7 Å². The molecule has 1 fully saturated rings. The highest BCUT2D eigenvalue weighted by Crippen LogP contribution is 2.21. The Morgan fingerprint density at radius 3 is 2.79 bits per heavy atom. The molecule has 2 heterocycles. The number of amides is 1. The van der Waals surface area contributed by atoms with Gasteiger partial charge in [0.1, 0.15) is 5.69 Å². The first-order chi connectivity index (χ1) is 6.68. The molecule has 1 amide bonds. The maximum absolute atomic E-state index is 11.7. The van der Waals surface area contributed by atoms with Crippen molar-refractivity contribution in [3.8, 4) is 0 Å². The number of rotatable bonds is 1. The molecule has 2 rings (SSSR count). The molecule has 74 valence electrons. The van der Waals surface area contributed by atoms with Gasteiger partial charge in [0.15, 0.2) is 0 Å². The van der Waals surface area contributed by atoms with Crippen molar-refractivity contribution in [3.05, 3.63) is 27.5 Å². The second kappa shape index (κ2) is 3.87. The van der Waals surface area contributed by atoms with E-state index in [-0.39, 0.29) is 5.91 Å². The molecule has 0 spiro atoms. The van der Waals surface area contributed by atoms with Crippen LogP contribution in [0.2, 0.25) is 5.02 Å². The van der Waals surface area contributed by atoms with Gasteiger partial charge in [-0.2, -0.15) is 0 Å². The molecule has 3 nitrogen and oxygen atoms in total. The molecule has 1 aromatic heterocycles. The van der Waals surface area contributed by atoms with Gasteiger partial charge in [0.25, 0.3) is 5.91 Å². The molecule has 1 aliphatic rings. The first kappa shape index (κ1) is 9.93. The van der Waals surface area contributed by atoms with Crippen LogP contribution in [0.25, 0.3) is 0 Å². The summed E-state index contributed by atoms with van der Waals surface area (Å²) >= 11 is 9.15. The fraction of sp³-hybridized carbons (Fsp3) is 0.333. The van der Waals surface area contributed by atoms with E-state index in [9.17, 15) is 4.79 Å². The summed E-state index contributed by atoms with van der Waals surface area (Å²) in [5.74, 6) is -0.0752. The Balaban J connectivity index is 2.26. The molecule has 0 bridgehead atoms. The van der Waals surface area contributed by atoms with Crippen LogP contribution in [0.3, 0.4) is 0 Å². The Morgan fingerprint density at radius 2 is 2.29 bits per heavy atom. The van der Waals surface area contributed by atoms with Crippen molar-refractivity contribution in [2.45, 2.75) is 6.42 Å². The molecule has 14 heavy (non-hydrogen) atoms. The van der Waals surface area contributed by atoms with Gasteiger partial charge in [-0.05, 0) is 28.4 Å². The van der Waals surface area contributed by atoms with Gasteiger partial charge in [-0.15, -0.1) is 0 Å². The number of pyridine rings is 1. The Hall–Kier alpha value is -0.610. The summed E-state index contributed by atoms with van der Waals surface area (Å²) in [6.07, 6.45) is 2.65. The van der Waals surface area contributed by atoms with Gasteiger partial charge in [0.2, 0.25) is 0 Å². The van der Waals surface area contributed by atoms with E-state index >= 15 is 0 Å². The standard InChI is InChI=1S/C9H8BrClN2O/c10-6-4-7(11)8(12-5-6)9(14)13-2-1-3-13/h4-5H,1-3H2. The number of aromatic nitrogens is 1. The number of carbonyl (C=O) groups excluding carboxylic acids is 1. The zero-order chi connectivity index (χ0) is 10.1. The van der Waals surface area contributed by atoms with Crippen molar-refractivity contribution in [2.75, 3.05) is 13.1 Å². The third-order valence-electron chi connectivity index (χ3n) is 2.15. The van der Waals surface area contributed by atoms with Gasteiger partial charge in [0.05, 0.1) is 5.02 Å². The molecule has 0 unspecified atom stereocenters. The third-order valence-corrected chi connectivity index (χ3v) is 2.88. The van der Waals surface area contributed by atoms with Gasteiger partial charge < -0.3 is 4.90 Å². The Kier molecular flexibility index (Phi) is 2.74. The second-order valence-electron chi connectivity index (χ2n) is 3.13. The van der Waals surface area contributed by atoms with Gasteiger partial charge in [-0.3, -0.25) is 4.79 Å². The Bertz CT molecular complexity index is 379. The lowest BCUT2D eigenvalue weighted by molar-refractivity contribution is 0.0646. The number of halogens is 2. The van der Waals surface area contributed by atoms with Crippen molar-refractivity contribution >= 4 is 33.4 Å². The zero-order valence-corrected chi connectivity index (χ0v) is 9.68. The first-order valence-corrected chi connectivity index (χ1v) is 5.46. The quantitative estimate of drug-likeness (QED) is 0.788. The van der Waals surface area contributed by atoms with Crippen molar-refractivity contribution in [1.82, 2.24) is 9.88 Å². The average molecular weight is 276 g/mol. The summed E-state index contributed by atoms with van der Waals surface area (Å²) in [4.78, 5) is 17.5. The predicted octanol–water partition coefficient (Wildman–Crippen LogP) is 2.34. The van der Waals surface area contributed by atoms with Crippen molar-refractivity contribution in [2.24, 2.45) is 0 Å². The number of hydrogen-bond donors (Lipinski definition) is 0. The molecular formula is C9H8BrClN2O. The normalized spacial score (nSPS) is 15.1. The molecule has 0 saturated carbocycles. The fourth-order valence-corrected chi connectivity index (χ4v) is 1.95. The smallest absolute Gasteiger partial charge is 0.274 e. The Labute approximate surface area is 95.2 Å². The van der Waals surface area contributed by atoms with Crippen LogP contribution in [-0.2, 0) is 0 Å². The molecular weight excluding hydrogens is 267 g/mol. The zero-order valence-electron chi connectivity index (χ0n) is 7.33. The van der Waals surface area contributed by atoms with E-state index in [1.807, 2.05) is 0 Å². The van der Waals surface area contributed by atoms with Crippen LogP contribution in [0.4, 0.5) is 0 Å². The van der Waals surface area contributed by atoms with Crippen molar-refractivity contribution < 1.29 is 4.79 Å². The second-order valence-corrected chi connectivity index (χ2v) is 4.45. The molecule has 0 N–H and O–H groups in total. The summed E-state index contributed by atoms with van der Waals surface area (Å²) in [7, 11) is 0. The van der Waals surface area contributed by atoms with E-state index in [4.69, 9.17) is 11.6 Å². The van der Waals surface area contributed by atoms with E-state index in [0.717, 1.165) is 24.0 Å². The molecule has 0 atom stereocenters. The monoisotopic (exact) mass is 274 g/mol. The van der Waals surface area contributed by atoms with Gasteiger partial charge >= 0.3 is 0 Å². The number of nitrogens with zero attached hydrogens (tertiary/aromatic N) is 2. The molecule has 1 aliphatic heterocycles. The fourth-order valence-electron chi connectivity index (χ4n) is 1.24. The molecule has 0 aliphatic carbocycles. The van der Waals surface area contributed by atoms with Crippen LogP contribution < -0.4 is 0 Å². The summed E-state index contributed by atoms with van der Waals surface area (Å²) in [5.41, 5.74) is 0.342. The average Bonchev–Trinajstić information content (AvgIpc) is 2.00. The summed E-state index contributed by atoms with van der Waals surface area (Å²) in [5, 5.41) is 0.399. The molecule has 5 heteroatoms. The number of likely N-dealkylation sites (tertiary alicyclic amines) is 1. The highest BCUT2D eigenvalue weighted by molar-refractivity contribution is 9.10. The van der Waals surface area contributed by atoms with E-state index in [1.165, 1.54) is 0 Å². The van der Waals surface area contributed by atoms with Crippen molar-refractivity contribution in [1.29, 1.82) is 0 Å². The predicted molar refractivity (Wildman–Crippen MR) is 57.5 cm³/mol. The topological polar surface area (TPSA) is 33.2 Å². The summed E-state index contributed by atoms with van der Waals surface area (Å²) < 4.78 is 0.780. The van der Waals surface area contributed by atoms with Crippen LogP contribution >= 0.6 is 27.5 Å². The van der Waals surface area contributed by atoms with Crippen LogP contribution in [0.5, 0.6) is 0 Å². The molecule has 1 aromatic rings. The highest BCUT2D eigenvalue weighted by atomic mass is 79.9. The van der Waals surface area contributed by atoms with Gasteiger partial charge in [-0.1, -0.05) is 11.6 Å². The Morgan fingerprint density at radius 1 is 1.57 bits per heavy atom. The largest absolute Gasteiger partial charge is 0.337 e. The van der Waals surface area contributed by atoms with E-state index in [1.54, 1.807) is 17.2 Å².